The van der Waals surface area contributed by atoms with E-state index in [2.05, 4.69) is 0 Å². The smallest absolute Gasteiger partial charge is 0.225 e. The Kier molecular flexibility index (Phi) is 7.59. The third kappa shape index (κ3) is 6.69. The molecule has 3 N–H and O–H groups in total. The quantitative estimate of drug-likeness (QED) is 0.708. The van der Waals surface area contributed by atoms with Crippen molar-refractivity contribution in [3.05, 3.63) is 35.9 Å². The number of benzene rings is 1. The van der Waals surface area contributed by atoms with Gasteiger partial charge < -0.3 is 15.7 Å². The first-order valence-corrected chi connectivity index (χ1v) is 9.71. The Bertz CT molecular complexity index is 553. The average Bonchev–Trinajstić information content (AvgIpc) is 3.12. The zero-order valence-corrected chi connectivity index (χ0v) is 16.0. The van der Waals surface area contributed by atoms with Crippen molar-refractivity contribution in [2.45, 2.75) is 70.2 Å². The minimum atomic E-state index is -1.32. The highest BCUT2D eigenvalue weighted by molar-refractivity contribution is 5.79. The van der Waals surface area contributed by atoms with Gasteiger partial charge in [0.05, 0.1) is 6.10 Å². The maximum Gasteiger partial charge on any atom is 0.225 e. The van der Waals surface area contributed by atoms with Crippen LogP contribution in [0.15, 0.2) is 30.3 Å². The number of carbonyl (C=O) groups excluding carboxylic acids is 1. The van der Waals surface area contributed by atoms with Gasteiger partial charge in [-0.3, -0.25) is 4.79 Å². The van der Waals surface area contributed by atoms with Crippen molar-refractivity contribution < 1.29 is 14.3 Å². The van der Waals surface area contributed by atoms with Crippen molar-refractivity contribution in [3.63, 3.8) is 0 Å². The predicted molar refractivity (Wildman–Crippen MR) is 102 cm³/mol. The lowest BCUT2D eigenvalue weighted by Crippen LogP contribution is -2.42. The van der Waals surface area contributed by atoms with Crippen LogP contribution in [0.25, 0.3) is 0 Å². The summed E-state index contributed by atoms with van der Waals surface area (Å²) >= 11 is 0. The second-order valence-electron chi connectivity index (χ2n) is 8.14. The number of nitrogens with zero attached hydrogens (tertiary/aromatic N) is 1. The molecule has 0 saturated carbocycles. The summed E-state index contributed by atoms with van der Waals surface area (Å²) in [6, 6.07) is 9.34. The number of amides is 1. The number of aliphatic hydroxyl groups is 1. The molecular weight excluding hydrogens is 331 g/mol. The van der Waals surface area contributed by atoms with Gasteiger partial charge in [-0.1, -0.05) is 30.3 Å². The summed E-state index contributed by atoms with van der Waals surface area (Å²) in [5.74, 6) is -0.336. The molecule has 1 fully saturated rings. The fraction of sp³-hybridized carbons (Fsp3) is 0.667. The van der Waals surface area contributed by atoms with Crippen molar-refractivity contribution in [3.8, 4) is 0 Å². The third-order valence-corrected chi connectivity index (χ3v) is 5.19. The van der Waals surface area contributed by atoms with Crippen LogP contribution in [0.1, 0.15) is 51.5 Å². The number of aliphatic hydroxyl groups excluding tert-OH is 1. The van der Waals surface area contributed by atoms with Crippen LogP contribution in [0.2, 0.25) is 0 Å². The maximum atomic E-state index is 14.0. The van der Waals surface area contributed by atoms with Crippen LogP contribution in [0.3, 0.4) is 0 Å². The van der Waals surface area contributed by atoms with Crippen molar-refractivity contribution >= 4 is 5.91 Å². The number of alkyl halides is 1. The van der Waals surface area contributed by atoms with E-state index in [0.717, 1.165) is 31.5 Å². The van der Waals surface area contributed by atoms with Crippen molar-refractivity contribution in [1.82, 2.24) is 4.90 Å². The lowest BCUT2D eigenvalue weighted by molar-refractivity contribution is -0.136. The Labute approximate surface area is 156 Å². The van der Waals surface area contributed by atoms with E-state index in [0.29, 0.717) is 25.7 Å². The summed E-state index contributed by atoms with van der Waals surface area (Å²) in [5, 5.41) is 10.6. The van der Waals surface area contributed by atoms with Crippen LogP contribution in [-0.2, 0) is 11.2 Å². The molecule has 0 unspecified atom stereocenters. The maximum absolute atomic E-state index is 14.0. The molecule has 1 saturated heterocycles. The van der Waals surface area contributed by atoms with Crippen LogP contribution < -0.4 is 5.73 Å². The molecule has 5 heteroatoms. The number of halogens is 1. The van der Waals surface area contributed by atoms with E-state index in [1.54, 1.807) is 0 Å². The standard InChI is InChI=1S/C21H33FN2O2/c1-21(2,22)11-10-17(20(26)24-12-6-7-13-24)15-19(25)18(23)14-16-8-4-3-5-9-16/h3-5,8-9,17-19,25H,6-7,10-15,23H2,1-2H3/t17-,18+,19+/m1/s1. The molecule has 3 atom stereocenters. The Hall–Kier alpha value is -1.46. The van der Waals surface area contributed by atoms with Gasteiger partial charge in [0.15, 0.2) is 0 Å². The van der Waals surface area contributed by atoms with Gasteiger partial charge in [-0.05, 0) is 57.9 Å². The minimum absolute atomic E-state index is 0.0395. The lowest BCUT2D eigenvalue weighted by Gasteiger charge is -2.28. The van der Waals surface area contributed by atoms with E-state index >= 15 is 0 Å². The zero-order chi connectivity index (χ0) is 19.2. The van der Waals surface area contributed by atoms with Gasteiger partial charge in [-0.15, -0.1) is 0 Å². The number of nitrogens with two attached hydrogens (primary N) is 1. The molecule has 0 radical (unpaired) electrons. The number of rotatable bonds is 9. The van der Waals surface area contributed by atoms with E-state index in [4.69, 9.17) is 5.73 Å². The second-order valence-corrected chi connectivity index (χ2v) is 8.14. The molecular formula is C21H33FN2O2. The highest BCUT2D eigenvalue weighted by Gasteiger charge is 2.31. The third-order valence-electron chi connectivity index (χ3n) is 5.19. The Balaban J connectivity index is 1.97. The highest BCUT2D eigenvalue weighted by Crippen LogP contribution is 2.26. The molecule has 1 aromatic carbocycles. The molecule has 1 aliphatic rings. The fourth-order valence-corrected chi connectivity index (χ4v) is 3.54. The summed E-state index contributed by atoms with van der Waals surface area (Å²) in [6.07, 6.45) is 2.84. The molecule has 1 aromatic rings. The summed E-state index contributed by atoms with van der Waals surface area (Å²) in [4.78, 5) is 14.7. The molecule has 2 rings (SSSR count). The first-order valence-electron chi connectivity index (χ1n) is 9.71. The van der Waals surface area contributed by atoms with Crippen molar-refractivity contribution in [2.24, 2.45) is 11.7 Å². The minimum Gasteiger partial charge on any atom is -0.391 e. The number of hydrogen-bond donors (Lipinski definition) is 2. The predicted octanol–water partition coefficient (Wildman–Crippen LogP) is 3.07. The summed E-state index contributed by atoms with van der Waals surface area (Å²) in [6.45, 7) is 4.59. The molecule has 1 aliphatic heterocycles. The van der Waals surface area contributed by atoms with E-state index < -0.39 is 17.8 Å². The number of carbonyl (C=O) groups is 1. The molecule has 0 spiro atoms. The average molecular weight is 365 g/mol. The molecule has 26 heavy (non-hydrogen) atoms. The molecule has 0 aromatic heterocycles. The topological polar surface area (TPSA) is 66.6 Å². The van der Waals surface area contributed by atoms with Crippen molar-refractivity contribution in [2.75, 3.05) is 13.1 Å². The van der Waals surface area contributed by atoms with Crippen LogP contribution in [0, 0.1) is 5.92 Å². The molecule has 1 amide bonds. The van der Waals surface area contributed by atoms with E-state index in [1.165, 1.54) is 13.8 Å². The van der Waals surface area contributed by atoms with Gasteiger partial charge in [0, 0.05) is 25.0 Å². The molecule has 4 nitrogen and oxygen atoms in total. The Morgan fingerprint density at radius 2 is 1.88 bits per heavy atom. The fourth-order valence-electron chi connectivity index (χ4n) is 3.54. The Morgan fingerprint density at radius 3 is 2.46 bits per heavy atom. The van der Waals surface area contributed by atoms with E-state index in [1.807, 2.05) is 35.2 Å². The molecule has 0 aliphatic carbocycles. The van der Waals surface area contributed by atoms with Crippen LogP contribution in [0.4, 0.5) is 4.39 Å². The van der Waals surface area contributed by atoms with Gasteiger partial charge in [0.2, 0.25) is 5.91 Å². The van der Waals surface area contributed by atoms with Crippen LogP contribution in [0.5, 0.6) is 0 Å². The second kappa shape index (κ2) is 9.47. The monoisotopic (exact) mass is 364 g/mol. The van der Waals surface area contributed by atoms with Gasteiger partial charge in [0.1, 0.15) is 5.67 Å². The van der Waals surface area contributed by atoms with Gasteiger partial charge >= 0.3 is 0 Å². The van der Waals surface area contributed by atoms with E-state index in [-0.39, 0.29) is 11.8 Å². The zero-order valence-electron chi connectivity index (χ0n) is 16.0. The first-order chi connectivity index (χ1) is 12.3. The molecule has 1 heterocycles. The van der Waals surface area contributed by atoms with Gasteiger partial charge in [0.25, 0.3) is 0 Å². The van der Waals surface area contributed by atoms with Gasteiger partial charge in [-0.25, -0.2) is 4.39 Å². The molecule has 0 bridgehead atoms. The SMILES string of the molecule is CC(C)(F)CC[C@H](C[C@H](O)[C@@H](N)Cc1ccccc1)C(=O)N1CCCC1. The van der Waals surface area contributed by atoms with E-state index in [9.17, 15) is 14.3 Å². The van der Waals surface area contributed by atoms with Crippen molar-refractivity contribution in [1.29, 1.82) is 0 Å². The summed E-state index contributed by atoms with van der Waals surface area (Å²) in [5.41, 5.74) is 5.93. The van der Waals surface area contributed by atoms with Crippen LogP contribution in [-0.4, -0.2) is 46.8 Å². The molecule has 146 valence electrons. The first kappa shape index (κ1) is 20.8. The number of hydrogen-bond acceptors (Lipinski definition) is 3. The van der Waals surface area contributed by atoms with Gasteiger partial charge in [-0.2, -0.15) is 0 Å². The highest BCUT2D eigenvalue weighted by atomic mass is 19.1. The Morgan fingerprint density at radius 1 is 1.27 bits per heavy atom. The lowest BCUT2D eigenvalue weighted by atomic mass is 9.87. The largest absolute Gasteiger partial charge is 0.391 e. The van der Waals surface area contributed by atoms with Crippen LogP contribution >= 0.6 is 0 Å². The number of likely N-dealkylation sites (tertiary alicyclic amines) is 1. The summed E-state index contributed by atoms with van der Waals surface area (Å²) < 4.78 is 14.0. The normalized spacial score (nSPS) is 18.6. The summed E-state index contributed by atoms with van der Waals surface area (Å²) in [7, 11) is 0.